The number of hydrogen-bond donors (Lipinski definition) is 1. The molecule has 2 heterocycles. The first-order valence-electron chi connectivity index (χ1n) is 9.53. The van der Waals surface area contributed by atoms with Crippen molar-refractivity contribution in [1.29, 1.82) is 0 Å². The largest absolute Gasteiger partial charge is 0.490 e. The normalized spacial score (nSPS) is 25.8. The lowest BCUT2D eigenvalue weighted by Crippen LogP contribution is -2.52. The number of likely N-dealkylation sites (N-methyl/N-ethyl adjacent to an activating group) is 1. The number of nitrogens with zero attached hydrogens (tertiary/aromatic N) is 3. The molecule has 3 fully saturated rings. The fourth-order valence-electron chi connectivity index (χ4n) is 3.72. The van der Waals surface area contributed by atoms with Crippen LogP contribution in [-0.4, -0.2) is 96.3 Å². The third-order valence-corrected chi connectivity index (χ3v) is 5.60. The van der Waals surface area contributed by atoms with E-state index in [0.29, 0.717) is 25.9 Å². The highest BCUT2D eigenvalue weighted by atomic mass is 19.4. The summed E-state index contributed by atoms with van der Waals surface area (Å²) in [6.45, 7) is 3.34. The molecule has 1 spiro atoms. The van der Waals surface area contributed by atoms with Crippen LogP contribution in [0.3, 0.4) is 0 Å². The first kappa shape index (κ1) is 23.4. The number of rotatable bonds is 4. The minimum absolute atomic E-state index is 0.163. The average molecular weight is 425 g/mol. The molecular weight excluding hydrogens is 398 g/mol. The fourth-order valence-corrected chi connectivity index (χ4v) is 3.72. The van der Waals surface area contributed by atoms with Gasteiger partial charge in [0.1, 0.15) is 0 Å². The molecule has 166 valence electrons. The van der Waals surface area contributed by atoms with E-state index in [2.05, 4.69) is 4.90 Å². The van der Waals surface area contributed by atoms with E-state index in [-0.39, 0.29) is 11.8 Å². The number of likely N-dealkylation sites (tertiary alicyclic amines) is 2. The number of carbonyl (C=O) groups is 3. The van der Waals surface area contributed by atoms with E-state index in [0.717, 1.165) is 38.9 Å². The van der Waals surface area contributed by atoms with Crippen molar-refractivity contribution in [3.63, 3.8) is 0 Å². The summed E-state index contributed by atoms with van der Waals surface area (Å²) >= 11 is 0. The molecule has 3 rings (SSSR count). The van der Waals surface area contributed by atoms with Gasteiger partial charge in [0.2, 0.25) is 5.91 Å². The Kier molecular flexibility index (Phi) is 6.81. The van der Waals surface area contributed by atoms with E-state index < -0.39 is 23.2 Å². The maximum Gasteiger partial charge on any atom is 0.490 e. The molecule has 2 saturated heterocycles. The van der Waals surface area contributed by atoms with Crippen LogP contribution in [0.1, 0.15) is 32.1 Å². The van der Waals surface area contributed by atoms with Crippen molar-refractivity contribution in [2.24, 2.45) is 5.41 Å². The Hall–Kier alpha value is -1.91. The molecule has 1 saturated carbocycles. The van der Waals surface area contributed by atoms with Gasteiger partial charge in [0.05, 0.1) is 5.41 Å². The van der Waals surface area contributed by atoms with Crippen LogP contribution in [0.5, 0.6) is 0 Å². The Morgan fingerprint density at radius 2 is 1.72 bits per heavy atom. The summed E-state index contributed by atoms with van der Waals surface area (Å²) < 4.78 is 45.8. The SMILES string of the molecule is CN(C)CCN1CCC2(CCCN(C(=O)C3(F)CC3)C2)C1=O.O=C(O)C(F)(F)F. The first-order chi connectivity index (χ1) is 13.3. The minimum atomic E-state index is -5.08. The van der Waals surface area contributed by atoms with Gasteiger partial charge in [0, 0.05) is 32.7 Å². The van der Waals surface area contributed by atoms with Gasteiger partial charge in [-0.25, -0.2) is 9.18 Å². The van der Waals surface area contributed by atoms with Crippen LogP contribution in [0.2, 0.25) is 0 Å². The Morgan fingerprint density at radius 3 is 2.21 bits per heavy atom. The fraction of sp³-hybridized carbons (Fsp3) is 0.833. The third kappa shape index (κ3) is 5.58. The van der Waals surface area contributed by atoms with Crippen molar-refractivity contribution in [3.8, 4) is 0 Å². The maximum absolute atomic E-state index is 14.0. The molecule has 2 aliphatic heterocycles. The van der Waals surface area contributed by atoms with Crippen LogP contribution in [0, 0.1) is 5.41 Å². The number of amides is 2. The van der Waals surface area contributed by atoms with Gasteiger partial charge in [-0.05, 0) is 46.2 Å². The zero-order chi connectivity index (χ0) is 22.0. The van der Waals surface area contributed by atoms with Gasteiger partial charge in [0.25, 0.3) is 5.91 Å². The zero-order valence-corrected chi connectivity index (χ0v) is 16.6. The summed E-state index contributed by atoms with van der Waals surface area (Å²) in [5.74, 6) is -2.98. The number of piperidine rings is 1. The number of alkyl halides is 4. The second-order valence-electron chi connectivity index (χ2n) is 8.22. The Balaban J connectivity index is 0.000000370. The van der Waals surface area contributed by atoms with E-state index in [1.165, 1.54) is 0 Å². The Labute approximate surface area is 166 Å². The van der Waals surface area contributed by atoms with E-state index in [4.69, 9.17) is 9.90 Å². The van der Waals surface area contributed by atoms with Crippen LogP contribution >= 0.6 is 0 Å². The Morgan fingerprint density at radius 1 is 1.14 bits per heavy atom. The molecule has 7 nitrogen and oxygen atoms in total. The number of halogens is 4. The van der Waals surface area contributed by atoms with E-state index >= 15 is 0 Å². The quantitative estimate of drug-likeness (QED) is 0.691. The molecule has 29 heavy (non-hydrogen) atoms. The second-order valence-corrected chi connectivity index (χ2v) is 8.22. The molecule has 3 aliphatic rings. The lowest BCUT2D eigenvalue weighted by molar-refractivity contribution is -0.192. The number of hydrogen-bond acceptors (Lipinski definition) is 4. The topological polar surface area (TPSA) is 81.2 Å². The van der Waals surface area contributed by atoms with E-state index in [1.54, 1.807) is 4.90 Å². The molecular formula is C18H27F4N3O4. The second kappa shape index (κ2) is 8.45. The average Bonchev–Trinajstić information content (AvgIpc) is 3.32. The highest BCUT2D eigenvalue weighted by Crippen LogP contribution is 2.45. The van der Waals surface area contributed by atoms with Crippen molar-refractivity contribution in [2.75, 3.05) is 46.8 Å². The first-order valence-corrected chi connectivity index (χ1v) is 9.53. The molecule has 0 aromatic heterocycles. The van der Waals surface area contributed by atoms with Gasteiger partial charge in [-0.2, -0.15) is 13.2 Å². The number of carboxylic acid groups (broad SMARTS) is 1. The molecule has 0 aromatic carbocycles. The summed E-state index contributed by atoms with van der Waals surface area (Å²) in [4.78, 5) is 39.5. The number of aliphatic carboxylic acids is 1. The summed E-state index contributed by atoms with van der Waals surface area (Å²) in [7, 11) is 3.99. The maximum atomic E-state index is 14.0. The molecule has 0 aromatic rings. The van der Waals surface area contributed by atoms with Gasteiger partial charge in [-0.1, -0.05) is 0 Å². The van der Waals surface area contributed by atoms with E-state index in [9.17, 15) is 27.2 Å². The van der Waals surface area contributed by atoms with Crippen molar-refractivity contribution < 1.29 is 37.1 Å². The molecule has 1 aliphatic carbocycles. The van der Waals surface area contributed by atoms with Crippen LogP contribution in [-0.2, 0) is 14.4 Å². The molecule has 1 atom stereocenters. The Bertz CT molecular complexity index is 652. The number of carbonyl (C=O) groups excluding carboxylic acids is 2. The van der Waals surface area contributed by atoms with Crippen molar-refractivity contribution in [3.05, 3.63) is 0 Å². The molecule has 2 amide bonds. The third-order valence-electron chi connectivity index (χ3n) is 5.60. The highest BCUT2D eigenvalue weighted by molar-refractivity contribution is 5.90. The van der Waals surface area contributed by atoms with Crippen LogP contribution in [0.15, 0.2) is 0 Å². The van der Waals surface area contributed by atoms with Gasteiger partial charge in [-0.3, -0.25) is 9.59 Å². The van der Waals surface area contributed by atoms with Crippen molar-refractivity contribution >= 4 is 17.8 Å². The molecule has 0 bridgehead atoms. The van der Waals surface area contributed by atoms with Crippen LogP contribution in [0.4, 0.5) is 17.6 Å². The molecule has 0 radical (unpaired) electrons. The van der Waals surface area contributed by atoms with Gasteiger partial charge >= 0.3 is 12.1 Å². The minimum Gasteiger partial charge on any atom is -0.475 e. The predicted molar refractivity (Wildman–Crippen MR) is 94.8 cm³/mol. The standard InChI is InChI=1S/C16H26FN3O2.C2HF3O2/c1-18(2)10-11-19-9-7-15(13(19)21)4-3-8-20(12-15)14(22)16(17)5-6-16;3-2(4,5)1(6)7/h3-12H2,1-2H3;(H,6,7). The lowest BCUT2D eigenvalue weighted by atomic mass is 9.78. The molecule has 11 heteroatoms. The predicted octanol–water partition coefficient (Wildman–Crippen LogP) is 1.52. The summed E-state index contributed by atoms with van der Waals surface area (Å²) in [5.41, 5.74) is -2.07. The van der Waals surface area contributed by atoms with Crippen molar-refractivity contribution in [2.45, 2.75) is 43.9 Å². The van der Waals surface area contributed by atoms with Crippen molar-refractivity contribution in [1.82, 2.24) is 14.7 Å². The number of carboxylic acids is 1. The van der Waals surface area contributed by atoms with Crippen LogP contribution < -0.4 is 0 Å². The zero-order valence-electron chi connectivity index (χ0n) is 16.6. The van der Waals surface area contributed by atoms with Gasteiger partial charge in [-0.15, -0.1) is 0 Å². The summed E-state index contributed by atoms with van der Waals surface area (Å²) in [6.07, 6.45) is -1.97. The molecule has 1 unspecified atom stereocenters. The lowest BCUT2D eigenvalue weighted by Gasteiger charge is -2.39. The van der Waals surface area contributed by atoms with Gasteiger partial charge in [0.15, 0.2) is 5.67 Å². The highest BCUT2D eigenvalue weighted by Gasteiger charge is 2.56. The van der Waals surface area contributed by atoms with Crippen LogP contribution in [0.25, 0.3) is 0 Å². The van der Waals surface area contributed by atoms with Gasteiger partial charge < -0.3 is 19.8 Å². The smallest absolute Gasteiger partial charge is 0.475 e. The summed E-state index contributed by atoms with van der Waals surface area (Å²) in [6, 6.07) is 0. The molecule has 1 N–H and O–H groups in total. The monoisotopic (exact) mass is 425 g/mol. The summed E-state index contributed by atoms with van der Waals surface area (Å²) in [5, 5.41) is 7.12. The van der Waals surface area contributed by atoms with E-state index in [1.807, 2.05) is 19.0 Å².